The lowest BCUT2D eigenvalue weighted by molar-refractivity contribution is -0.290. The molecule has 0 aromatic carbocycles. The van der Waals surface area contributed by atoms with Crippen molar-refractivity contribution in [2.45, 2.75) is 78.0 Å². The molecule has 0 bridgehead atoms. The highest BCUT2D eigenvalue weighted by molar-refractivity contribution is 6.69. The molecule has 10 nitrogen and oxygen atoms in total. The molecule has 0 saturated carbocycles. The van der Waals surface area contributed by atoms with Gasteiger partial charge in [-0.3, -0.25) is 19.2 Å². The van der Waals surface area contributed by atoms with E-state index >= 15 is 0 Å². The first-order valence-corrected chi connectivity index (χ1v) is 12.2. The van der Waals surface area contributed by atoms with Crippen molar-refractivity contribution in [1.82, 2.24) is 0 Å². The third-order valence-corrected chi connectivity index (χ3v) is 4.36. The summed E-state index contributed by atoms with van der Waals surface area (Å²) < 4.78 is 32.7. The Kier molecular flexibility index (Phi) is 8.58. The van der Waals surface area contributed by atoms with Gasteiger partial charge in [0.2, 0.25) is 0 Å². The van der Waals surface area contributed by atoms with Gasteiger partial charge in [-0.1, -0.05) is 0 Å². The molecular formula is C17H28O10Si. The molecular weight excluding hydrogens is 392 g/mol. The fraction of sp³-hybridized carbons (Fsp3) is 0.765. The number of hydrogen-bond donors (Lipinski definition) is 0. The Morgan fingerprint density at radius 3 is 1.64 bits per heavy atom. The summed E-state index contributed by atoms with van der Waals surface area (Å²) in [5.41, 5.74) is 0. The molecule has 0 aliphatic carbocycles. The second kappa shape index (κ2) is 9.98. The van der Waals surface area contributed by atoms with Gasteiger partial charge in [0.1, 0.15) is 12.7 Å². The molecule has 1 saturated heterocycles. The molecule has 1 aliphatic heterocycles. The van der Waals surface area contributed by atoms with Crippen LogP contribution < -0.4 is 0 Å². The van der Waals surface area contributed by atoms with E-state index in [1.807, 2.05) is 19.6 Å². The minimum Gasteiger partial charge on any atom is -0.463 e. The lowest BCUT2D eigenvalue weighted by atomic mass is 9.98. The van der Waals surface area contributed by atoms with E-state index in [-0.39, 0.29) is 6.61 Å². The van der Waals surface area contributed by atoms with E-state index in [1.165, 1.54) is 27.7 Å². The van der Waals surface area contributed by atoms with Gasteiger partial charge in [0.05, 0.1) is 0 Å². The van der Waals surface area contributed by atoms with Gasteiger partial charge in [-0.2, -0.15) is 0 Å². The standard InChI is InChI=1S/C17H28O10Si/c1-9(18)22-8-13-14(23-10(2)19)15(24-11(3)20)16(25-12(4)21)17(26-13)27-28(5,6)7/h13-17H,8H2,1-7H3/t13-,14-,15+,16+,17-/m1/s1. The number of esters is 4. The maximum absolute atomic E-state index is 11.7. The van der Waals surface area contributed by atoms with Gasteiger partial charge >= 0.3 is 23.9 Å². The molecule has 28 heavy (non-hydrogen) atoms. The van der Waals surface area contributed by atoms with Crippen LogP contribution in [-0.4, -0.2) is 69.5 Å². The van der Waals surface area contributed by atoms with E-state index in [1.54, 1.807) is 0 Å². The fourth-order valence-corrected chi connectivity index (χ4v) is 3.52. The predicted molar refractivity (Wildman–Crippen MR) is 96.4 cm³/mol. The summed E-state index contributed by atoms with van der Waals surface area (Å²) in [6, 6.07) is 0. The van der Waals surface area contributed by atoms with Crippen molar-refractivity contribution in [3.05, 3.63) is 0 Å². The number of hydrogen-bond acceptors (Lipinski definition) is 10. The summed E-state index contributed by atoms with van der Waals surface area (Å²) in [6.07, 6.45) is -5.66. The van der Waals surface area contributed by atoms with Gasteiger partial charge in [-0.15, -0.1) is 0 Å². The van der Waals surface area contributed by atoms with Gasteiger partial charge in [-0.25, -0.2) is 0 Å². The monoisotopic (exact) mass is 420 g/mol. The molecule has 1 aliphatic rings. The lowest BCUT2D eigenvalue weighted by Gasteiger charge is -2.45. The smallest absolute Gasteiger partial charge is 0.303 e. The largest absolute Gasteiger partial charge is 0.463 e. The van der Waals surface area contributed by atoms with Crippen LogP contribution in [0.5, 0.6) is 0 Å². The summed E-state index contributed by atoms with van der Waals surface area (Å²) in [7, 11) is -2.21. The Bertz CT molecular complexity index is 599. The van der Waals surface area contributed by atoms with Crippen LogP contribution in [0.3, 0.4) is 0 Å². The normalized spacial score (nSPS) is 27.5. The van der Waals surface area contributed by atoms with E-state index in [2.05, 4.69) is 0 Å². The first-order valence-electron chi connectivity index (χ1n) is 8.78. The van der Waals surface area contributed by atoms with Gasteiger partial charge in [0.25, 0.3) is 0 Å². The molecule has 0 amide bonds. The van der Waals surface area contributed by atoms with Crippen molar-refractivity contribution in [2.24, 2.45) is 0 Å². The molecule has 0 unspecified atom stereocenters. The molecule has 0 N–H and O–H groups in total. The topological polar surface area (TPSA) is 124 Å². The summed E-state index contributed by atoms with van der Waals surface area (Å²) in [4.78, 5) is 46.2. The molecule has 5 atom stereocenters. The van der Waals surface area contributed by atoms with E-state index in [9.17, 15) is 19.2 Å². The molecule has 0 radical (unpaired) electrons. The van der Waals surface area contributed by atoms with E-state index < -0.39 is 62.9 Å². The number of carbonyl (C=O) groups is 4. The molecule has 1 rings (SSSR count). The van der Waals surface area contributed by atoms with E-state index in [0.717, 1.165) is 0 Å². The summed E-state index contributed by atoms with van der Waals surface area (Å²) >= 11 is 0. The van der Waals surface area contributed by atoms with Crippen LogP contribution in [0.25, 0.3) is 0 Å². The third-order valence-electron chi connectivity index (χ3n) is 3.42. The third kappa shape index (κ3) is 7.95. The number of rotatable bonds is 7. The average Bonchev–Trinajstić information content (AvgIpc) is 2.48. The zero-order valence-electron chi connectivity index (χ0n) is 17.2. The Morgan fingerprint density at radius 1 is 0.750 bits per heavy atom. The molecule has 1 fully saturated rings. The van der Waals surface area contributed by atoms with Gasteiger partial charge < -0.3 is 28.1 Å². The van der Waals surface area contributed by atoms with Crippen LogP contribution in [0, 0.1) is 0 Å². The minimum absolute atomic E-state index is 0.274. The Morgan fingerprint density at radius 2 is 1.21 bits per heavy atom. The second-order valence-corrected chi connectivity index (χ2v) is 11.8. The molecule has 0 aromatic heterocycles. The Hall–Kier alpha value is -1.98. The van der Waals surface area contributed by atoms with E-state index in [4.69, 9.17) is 28.1 Å². The summed E-state index contributed by atoms with van der Waals surface area (Å²) in [6.45, 7) is 10.1. The van der Waals surface area contributed by atoms with Crippen molar-refractivity contribution < 1.29 is 47.3 Å². The SMILES string of the molecule is CC(=O)OC[C@H]1O[C@H](O[Si](C)(C)C)[C@@H](OC(C)=O)[C@@H](OC(C)=O)[C@@H]1OC(C)=O. The van der Waals surface area contributed by atoms with Gasteiger partial charge in [-0.05, 0) is 19.6 Å². The number of carbonyl (C=O) groups excluding carboxylic acids is 4. The van der Waals surface area contributed by atoms with Gasteiger partial charge in [0, 0.05) is 27.7 Å². The zero-order chi connectivity index (χ0) is 21.6. The predicted octanol–water partition coefficient (Wildman–Crippen LogP) is 0.921. The van der Waals surface area contributed by atoms with Crippen molar-refractivity contribution in [2.75, 3.05) is 6.61 Å². The van der Waals surface area contributed by atoms with Gasteiger partial charge in [0.15, 0.2) is 32.9 Å². The Balaban J connectivity index is 3.33. The highest BCUT2D eigenvalue weighted by Gasteiger charge is 2.53. The zero-order valence-corrected chi connectivity index (χ0v) is 18.2. The highest BCUT2D eigenvalue weighted by Crippen LogP contribution is 2.31. The summed E-state index contributed by atoms with van der Waals surface area (Å²) in [5, 5.41) is 0. The molecule has 11 heteroatoms. The van der Waals surface area contributed by atoms with Crippen molar-refractivity contribution >= 4 is 32.2 Å². The molecule has 1 heterocycles. The summed E-state index contributed by atoms with van der Waals surface area (Å²) in [5.74, 6) is -2.59. The van der Waals surface area contributed by atoms with Crippen molar-refractivity contribution in [3.8, 4) is 0 Å². The second-order valence-electron chi connectivity index (χ2n) is 7.30. The van der Waals surface area contributed by atoms with Crippen LogP contribution in [0.1, 0.15) is 27.7 Å². The highest BCUT2D eigenvalue weighted by atomic mass is 28.4. The van der Waals surface area contributed by atoms with Crippen LogP contribution in [0.2, 0.25) is 19.6 Å². The maximum atomic E-state index is 11.7. The first kappa shape index (κ1) is 24.1. The molecule has 0 aromatic rings. The average molecular weight is 420 g/mol. The van der Waals surface area contributed by atoms with Crippen molar-refractivity contribution in [1.29, 1.82) is 0 Å². The van der Waals surface area contributed by atoms with Crippen LogP contribution >= 0.6 is 0 Å². The Labute approximate surface area is 164 Å². The maximum Gasteiger partial charge on any atom is 0.303 e. The first-order chi connectivity index (χ1) is 12.8. The van der Waals surface area contributed by atoms with Crippen LogP contribution in [0.15, 0.2) is 0 Å². The number of ether oxygens (including phenoxy) is 5. The van der Waals surface area contributed by atoms with E-state index in [0.29, 0.717) is 0 Å². The van der Waals surface area contributed by atoms with Crippen molar-refractivity contribution in [3.63, 3.8) is 0 Å². The van der Waals surface area contributed by atoms with Crippen LogP contribution in [-0.2, 0) is 47.3 Å². The minimum atomic E-state index is -2.21. The fourth-order valence-electron chi connectivity index (χ4n) is 2.63. The lowest BCUT2D eigenvalue weighted by Crippen LogP contribution is -2.64. The quantitative estimate of drug-likeness (QED) is 0.333. The molecule has 0 spiro atoms. The molecule has 160 valence electrons. The van der Waals surface area contributed by atoms with Crippen LogP contribution in [0.4, 0.5) is 0 Å².